The van der Waals surface area contributed by atoms with Crippen molar-refractivity contribution in [3.05, 3.63) is 29.8 Å². The lowest BCUT2D eigenvalue weighted by Gasteiger charge is -2.06. The molecule has 0 radical (unpaired) electrons. The van der Waals surface area contributed by atoms with Crippen molar-refractivity contribution in [2.24, 2.45) is 0 Å². The number of unbranched alkanes of at least 4 members (excludes halogenated alkanes) is 9. The number of alkyl halides is 1. The Morgan fingerprint density at radius 2 is 1.25 bits per heavy atom. The second-order valence-electron chi connectivity index (χ2n) is 6.31. The molecule has 0 aliphatic heterocycles. The molecular weight excluding hydrogens is 388 g/mol. The summed E-state index contributed by atoms with van der Waals surface area (Å²) >= 11 is 3.45. The smallest absolute Gasteiger partial charge is 0.266 e. The van der Waals surface area contributed by atoms with Gasteiger partial charge in [0.05, 0.1) is 11.5 Å². The number of rotatable bonds is 14. The largest absolute Gasteiger partial charge is 0.296 e. The molecule has 5 heteroatoms. The summed E-state index contributed by atoms with van der Waals surface area (Å²) < 4.78 is 29.1. The Morgan fingerprint density at radius 1 is 0.792 bits per heavy atom. The molecule has 0 N–H and O–H groups in total. The summed E-state index contributed by atoms with van der Waals surface area (Å²) in [6.07, 6.45) is 12.1. The van der Waals surface area contributed by atoms with E-state index in [0.29, 0.717) is 0 Å². The molecule has 0 atom stereocenters. The van der Waals surface area contributed by atoms with E-state index < -0.39 is 10.1 Å². The van der Waals surface area contributed by atoms with Gasteiger partial charge in [-0.2, -0.15) is 8.42 Å². The molecule has 0 aliphatic rings. The quantitative estimate of drug-likeness (QED) is 0.211. The molecule has 0 bridgehead atoms. The van der Waals surface area contributed by atoms with Gasteiger partial charge in [-0.05, 0) is 31.9 Å². The average molecular weight is 419 g/mol. The first-order valence-corrected chi connectivity index (χ1v) is 11.6. The maximum absolute atomic E-state index is 12.0. The van der Waals surface area contributed by atoms with Crippen LogP contribution in [0.5, 0.6) is 0 Å². The molecule has 0 saturated heterocycles. The van der Waals surface area contributed by atoms with E-state index in [1.807, 2.05) is 6.92 Å². The van der Waals surface area contributed by atoms with Gasteiger partial charge in [0.25, 0.3) is 10.1 Å². The van der Waals surface area contributed by atoms with Gasteiger partial charge in [-0.15, -0.1) is 0 Å². The van der Waals surface area contributed by atoms with Crippen LogP contribution in [0.2, 0.25) is 0 Å². The average Bonchev–Trinajstić information content (AvgIpc) is 2.56. The number of hydrogen-bond donors (Lipinski definition) is 0. The van der Waals surface area contributed by atoms with Gasteiger partial charge >= 0.3 is 0 Å². The van der Waals surface area contributed by atoms with Gasteiger partial charge in [0.1, 0.15) is 0 Å². The Bertz CT molecular complexity index is 526. The molecule has 0 heterocycles. The molecule has 0 spiro atoms. The summed E-state index contributed by atoms with van der Waals surface area (Å²) in [6, 6.07) is 6.78. The minimum absolute atomic E-state index is 0.244. The predicted molar refractivity (Wildman–Crippen MR) is 104 cm³/mol. The van der Waals surface area contributed by atoms with Crippen LogP contribution < -0.4 is 0 Å². The lowest BCUT2D eigenvalue weighted by Crippen LogP contribution is -2.07. The Morgan fingerprint density at radius 3 is 1.75 bits per heavy atom. The molecule has 1 aromatic rings. The van der Waals surface area contributed by atoms with Crippen molar-refractivity contribution < 1.29 is 12.6 Å². The van der Waals surface area contributed by atoms with Crippen LogP contribution in [0.15, 0.2) is 29.2 Å². The van der Waals surface area contributed by atoms with E-state index in [9.17, 15) is 8.42 Å². The van der Waals surface area contributed by atoms with Crippen molar-refractivity contribution in [1.82, 2.24) is 0 Å². The lowest BCUT2D eigenvalue weighted by molar-refractivity contribution is 0.306. The summed E-state index contributed by atoms with van der Waals surface area (Å²) in [5.41, 5.74) is 1.04. The zero-order chi connectivity index (χ0) is 17.7. The van der Waals surface area contributed by atoms with Crippen molar-refractivity contribution in [3.8, 4) is 0 Å². The van der Waals surface area contributed by atoms with Gasteiger partial charge in [0.15, 0.2) is 0 Å². The van der Waals surface area contributed by atoms with E-state index in [2.05, 4.69) is 15.9 Å². The van der Waals surface area contributed by atoms with Gasteiger partial charge in [-0.1, -0.05) is 85.0 Å². The third kappa shape index (κ3) is 9.80. The molecule has 24 heavy (non-hydrogen) atoms. The van der Waals surface area contributed by atoms with Gasteiger partial charge in [0.2, 0.25) is 0 Å². The molecule has 3 nitrogen and oxygen atoms in total. The topological polar surface area (TPSA) is 43.4 Å². The minimum atomic E-state index is -3.59. The van der Waals surface area contributed by atoms with Gasteiger partial charge in [-0.3, -0.25) is 4.18 Å². The number of hydrogen-bond acceptors (Lipinski definition) is 3. The van der Waals surface area contributed by atoms with E-state index in [-0.39, 0.29) is 11.5 Å². The number of halogens is 1. The Labute approximate surface area is 156 Å². The van der Waals surface area contributed by atoms with Crippen molar-refractivity contribution in [2.75, 3.05) is 11.9 Å². The van der Waals surface area contributed by atoms with Crippen LogP contribution in [-0.2, 0) is 14.3 Å². The third-order valence-corrected chi connectivity index (χ3v) is 5.96. The lowest BCUT2D eigenvalue weighted by atomic mass is 10.1. The first kappa shape index (κ1) is 21.7. The first-order chi connectivity index (χ1) is 11.6. The fourth-order valence-electron chi connectivity index (χ4n) is 2.55. The van der Waals surface area contributed by atoms with Gasteiger partial charge in [0, 0.05) is 5.33 Å². The van der Waals surface area contributed by atoms with Crippen LogP contribution in [0.4, 0.5) is 0 Å². The zero-order valence-corrected chi connectivity index (χ0v) is 17.2. The molecular formula is C19H31BrO3S. The Kier molecular flexibility index (Phi) is 11.6. The maximum atomic E-state index is 12.0. The van der Waals surface area contributed by atoms with Gasteiger partial charge in [-0.25, -0.2) is 0 Å². The van der Waals surface area contributed by atoms with Crippen LogP contribution in [0.3, 0.4) is 0 Å². The highest BCUT2D eigenvalue weighted by Gasteiger charge is 2.14. The van der Waals surface area contributed by atoms with Crippen molar-refractivity contribution in [1.29, 1.82) is 0 Å². The number of benzene rings is 1. The van der Waals surface area contributed by atoms with Crippen LogP contribution >= 0.6 is 15.9 Å². The zero-order valence-electron chi connectivity index (χ0n) is 14.8. The molecule has 0 aromatic heterocycles. The van der Waals surface area contributed by atoms with Crippen molar-refractivity contribution in [2.45, 2.75) is 76.0 Å². The van der Waals surface area contributed by atoms with Crippen molar-refractivity contribution >= 4 is 26.0 Å². The highest BCUT2D eigenvalue weighted by atomic mass is 79.9. The Hall–Kier alpha value is -0.390. The summed E-state index contributed by atoms with van der Waals surface area (Å²) in [6.45, 7) is 2.21. The SMILES string of the molecule is Cc1ccc(S(=O)(=O)OCCCCCCCCCCCCBr)cc1. The molecule has 0 unspecified atom stereocenters. The van der Waals surface area contributed by atoms with Crippen LogP contribution in [0.1, 0.15) is 69.8 Å². The summed E-state index contributed by atoms with van der Waals surface area (Å²) in [7, 11) is -3.59. The predicted octanol–water partition coefficient (Wildman–Crippen LogP) is 6.00. The molecule has 138 valence electrons. The second-order valence-corrected chi connectivity index (χ2v) is 8.72. The maximum Gasteiger partial charge on any atom is 0.296 e. The standard InChI is InChI=1S/C19H31BrO3S/c1-18-12-14-19(15-13-18)24(21,22)23-17-11-9-7-5-3-2-4-6-8-10-16-20/h12-15H,2-11,16-17H2,1H3. The van der Waals surface area contributed by atoms with E-state index in [1.165, 1.54) is 44.9 Å². The van der Waals surface area contributed by atoms with Crippen LogP contribution in [-0.4, -0.2) is 20.4 Å². The molecule has 1 rings (SSSR count). The van der Waals surface area contributed by atoms with E-state index in [0.717, 1.165) is 30.2 Å². The van der Waals surface area contributed by atoms with Gasteiger partial charge < -0.3 is 0 Å². The molecule has 0 fully saturated rings. The summed E-state index contributed by atoms with van der Waals surface area (Å²) in [4.78, 5) is 0.244. The highest BCUT2D eigenvalue weighted by Crippen LogP contribution is 2.15. The van der Waals surface area contributed by atoms with Crippen molar-refractivity contribution in [3.63, 3.8) is 0 Å². The summed E-state index contributed by atoms with van der Waals surface area (Å²) in [5, 5.41) is 1.12. The van der Waals surface area contributed by atoms with E-state index >= 15 is 0 Å². The molecule has 0 aliphatic carbocycles. The first-order valence-electron chi connectivity index (χ1n) is 9.08. The highest BCUT2D eigenvalue weighted by molar-refractivity contribution is 9.09. The second kappa shape index (κ2) is 12.9. The monoisotopic (exact) mass is 418 g/mol. The van der Waals surface area contributed by atoms with Crippen LogP contribution in [0.25, 0.3) is 0 Å². The molecule has 0 saturated carbocycles. The minimum Gasteiger partial charge on any atom is -0.266 e. The Balaban J connectivity index is 2.01. The summed E-state index contributed by atoms with van der Waals surface area (Å²) in [5.74, 6) is 0. The van der Waals surface area contributed by atoms with Crippen LogP contribution in [0, 0.1) is 6.92 Å². The van der Waals surface area contributed by atoms with E-state index in [4.69, 9.17) is 4.18 Å². The fraction of sp³-hybridized carbons (Fsp3) is 0.684. The molecule has 0 amide bonds. The number of aryl methyl sites for hydroxylation is 1. The van der Waals surface area contributed by atoms with E-state index in [1.54, 1.807) is 24.3 Å². The normalized spacial score (nSPS) is 11.8. The third-order valence-electron chi connectivity index (χ3n) is 4.08. The fourth-order valence-corrected chi connectivity index (χ4v) is 3.89. The molecule has 1 aromatic carbocycles.